The summed E-state index contributed by atoms with van der Waals surface area (Å²) in [5, 5.41) is 0. The van der Waals surface area contributed by atoms with Crippen LogP contribution in [0.5, 0.6) is 0 Å². The summed E-state index contributed by atoms with van der Waals surface area (Å²) in [5.74, 6) is -0.554. The van der Waals surface area contributed by atoms with Gasteiger partial charge in [0.2, 0.25) is 0 Å². The van der Waals surface area contributed by atoms with Crippen LogP contribution in [0, 0.1) is 5.92 Å². The van der Waals surface area contributed by atoms with Crippen LogP contribution in [0.15, 0.2) is 59.5 Å². The average Bonchev–Trinajstić information content (AvgIpc) is 3.39. The number of esters is 2. The van der Waals surface area contributed by atoms with Crippen molar-refractivity contribution in [2.24, 2.45) is 5.92 Å². The monoisotopic (exact) mass is 639 g/mol. The van der Waals surface area contributed by atoms with E-state index in [9.17, 15) is 14.4 Å². The highest BCUT2D eigenvalue weighted by atomic mass is 32.2. The number of rotatable bonds is 11. The Labute approximate surface area is 272 Å². The molecule has 4 rings (SSSR count). The Kier molecular flexibility index (Phi) is 11.6. The molecule has 0 aromatic heterocycles. The van der Waals surface area contributed by atoms with Gasteiger partial charge in [-0.25, -0.2) is 9.10 Å². The van der Waals surface area contributed by atoms with E-state index < -0.39 is 23.8 Å². The first kappa shape index (κ1) is 34.8. The van der Waals surface area contributed by atoms with Gasteiger partial charge >= 0.3 is 18.0 Å². The predicted octanol–water partition coefficient (Wildman–Crippen LogP) is 6.43. The molecular formula is C35H49N3O6S. The lowest BCUT2D eigenvalue weighted by atomic mass is 9.79. The molecule has 2 aliphatic heterocycles. The van der Waals surface area contributed by atoms with Gasteiger partial charge in [0.15, 0.2) is 0 Å². The van der Waals surface area contributed by atoms with E-state index in [2.05, 4.69) is 53.5 Å². The van der Waals surface area contributed by atoms with Gasteiger partial charge in [-0.3, -0.25) is 9.59 Å². The molecule has 0 bridgehead atoms. The summed E-state index contributed by atoms with van der Waals surface area (Å²) in [5.41, 5.74) is 1.34. The summed E-state index contributed by atoms with van der Waals surface area (Å²) in [6.45, 7) is 15.3. The lowest BCUT2D eigenvalue weighted by molar-refractivity contribution is -0.186. The first-order valence-electron chi connectivity index (χ1n) is 15.8. The van der Waals surface area contributed by atoms with E-state index in [1.54, 1.807) is 11.9 Å². The molecule has 2 saturated heterocycles. The number of amides is 1. The second-order valence-electron chi connectivity index (χ2n) is 13.6. The summed E-state index contributed by atoms with van der Waals surface area (Å²) >= 11 is 1.65. The quantitative estimate of drug-likeness (QED) is 0.157. The van der Waals surface area contributed by atoms with Crippen molar-refractivity contribution in [2.75, 3.05) is 39.8 Å². The van der Waals surface area contributed by atoms with Crippen LogP contribution in [0.25, 0.3) is 0 Å². The molecule has 3 atom stereocenters. The number of carbonyl (C=O) groups is 3. The van der Waals surface area contributed by atoms with Crippen molar-refractivity contribution in [3.63, 3.8) is 0 Å². The molecule has 0 aliphatic carbocycles. The summed E-state index contributed by atoms with van der Waals surface area (Å²) < 4.78 is 18.3. The molecule has 2 aromatic rings. The number of fused-ring (bicyclic) bond motifs is 1. The summed E-state index contributed by atoms with van der Waals surface area (Å²) in [6.07, 6.45) is 1.77. The molecule has 9 nitrogen and oxygen atoms in total. The van der Waals surface area contributed by atoms with Crippen LogP contribution in [-0.2, 0) is 29.2 Å². The van der Waals surface area contributed by atoms with Crippen LogP contribution in [0.4, 0.5) is 4.79 Å². The van der Waals surface area contributed by atoms with Gasteiger partial charge in [-0.15, -0.1) is 0 Å². The fourth-order valence-electron chi connectivity index (χ4n) is 6.42. The first-order chi connectivity index (χ1) is 21.2. The molecule has 3 unspecified atom stereocenters. The van der Waals surface area contributed by atoms with Crippen molar-refractivity contribution in [1.29, 1.82) is 0 Å². The predicted molar refractivity (Wildman–Crippen MR) is 176 cm³/mol. The van der Waals surface area contributed by atoms with Crippen LogP contribution in [0.2, 0.25) is 0 Å². The van der Waals surface area contributed by atoms with E-state index in [0.29, 0.717) is 11.5 Å². The third kappa shape index (κ3) is 9.95. The standard InChI is InChI=1S/C35H49N3O6S/c1-25(39)42-32(43-26(2)40)27-13-15-30(16-14-27)45-36(7)24-35(6,29-11-9-8-10-12-29)19-22-37-20-18-31-28(23-37)17-21-38(31)33(41)44-34(3,4)5/h8-16,28,31-32H,17-24H2,1-7H3. The number of nitrogens with zero attached hydrogens (tertiary/aromatic N) is 3. The number of benzene rings is 2. The van der Waals surface area contributed by atoms with E-state index in [0.717, 1.165) is 56.9 Å². The van der Waals surface area contributed by atoms with Crippen LogP contribution in [-0.4, -0.2) is 83.6 Å². The maximum absolute atomic E-state index is 12.8. The largest absolute Gasteiger partial charge is 0.444 e. The topological polar surface area (TPSA) is 88.6 Å². The molecule has 2 aromatic carbocycles. The van der Waals surface area contributed by atoms with Crippen LogP contribution >= 0.6 is 11.9 Å². The second kappa shape index (κ2) is 15.0. The van der Waals surface area contributed by atoms with Gasteiger partial charge < -0.3 is 24.0 Å². The number of piperidine rings is 1. The van der Waals surface area contributed by atoms with E-state index in [4.69, 9.17) is 14.2 Å². The van der Waals surface area contributed by atoms with Crippen molar-refractivity contribution in [1.82, 2.24) is 14.1 Å². The minimum atomic E-state index is -1.06. The lowest BCUT2D eigenvalue weighted by Gasteiger charge is -2.40. The third-order valence-corrected chi connectivity index (χ3v) is 9.45. The number of likely N-dealkylation sites (N-methyl/N-ethyl adjacent to an activating group) is 1. The Morgan fingerprint density at radius 1 is 0.933 bits per heavy atom. The first-order valence-corrected chi connectivity index (χ1v) is 16.6. The SMILES string of the molecule is CC(=O)OC(OC(C)=O)c1ccc(SN(C)CC(C)(CCN2CCC3C(CCN3C(=O)OC(C)(C)C)C2)c2ccccc2)cc1. The maximum atomic E-state index is 12.8. The Morgan fingerprint density at radius 2 is 1.58 bits per heavy atom. The molecule has 0 saturated carbocycles. The molecule has 2 fully saturated rings. The van der Waals surface area contributed by atoms with Gasteiger partial charge in [-0.05, 0) is 89.2 Å². The Morgan fingerprint density at radius 3 is 2.18 bits per heavy atom. The van der Waals surface area contributed by atoms with Gasteiger partial charge in [0.1, 0.15) is 5.60 Å². The average molecular weight is 640 g/mol. The van der Waals surface area contributed by atoms with Gasteiger partial charge in [0.25, 0.3) is 6.29 Å². The van der Waals surface area contributed by atoms with Crippen LogP contribution in [0.1, 0.15) is 78.2 Å². The fourth-order valence-corrected chi connectivity index (χ4v) is 7.39. The highest BCUT2D eigenvalue weighted by Crippen LogP contribution is 2.36. The van der Waals surface area contributed by atoms with Crippen LogP contribution in [0.3, 0.4) is 0 Å². The fraction of sp³-hybridized carbons (Fsp3) is 0.571. The number of hydrogen-bond acceptors (Lipinski definition) is 9. The normalized spacial score (nSPS) is 20.1. The van der Waals surface area contributed by atoms with Crippen molar-refractivity contribution >= 4 is 30.0 Å². The molecule has 1 amide bonds. The molecule has 45 heavy (non-hydrogen) atoms. The number of hydrogen-bond donors (Lipinski definition) is 0. The van der Waals surface area contributed by atoms with E-state index in [1.807, 2.05) is 49.9 Å². The maximum Gasteiger partial charge on any atom is 0.410 e. The molecule has 0 spiro atoms. The highest BCUT2D eigenvalue weighted by Gasteiger charge is 2.42. The lowest BCUT2D eigenvalue weighted by Crippen LogP contribution is -2.49. The third-order valence-electron chi connectivity index (χ3n) is 8.53. The molecular weight excluding hydrogens is 590 g/mol. The van der Waals surface area contributed by atoms with Gasteiger partial charge in [-0.2, -0.15) is 0 Å². The van der Waals surface area contributed by atoms with Crippen molar-refractivity contribution < 1.29 is 28.6 Å². The molecule has 0 radical (unpaired) electrons. The molecule has 246 valence electrons. The molecule has 0 N–H and O–H groups in total. The minimum Gasteiger partial charge on any atom is -0.444 e. The second-order valence-corrected chi connectivity index (χ2v) is 14.8. The highest BCUT2D eigenvalue weighted by molar-refractivity contribution is 7.97. The van der Waals surface area contributed by atoms with E-state index >= 15 is 0 Å². The van der Waals surface area contributed by atoms with Crippen molar-refractivity contribution in [2.45, 2.75) is 89.0 Å². The Hall–Kier alpha value is -3.08. The number of likely N-dealkylation sites (tertiary alicyclic amines) is 2. The molecule has 2 aliphatic rings. The molecule has 10 heteroatoms. The minimum absolute atomic E-state index is 0.0895. The number of carbonyl (C=O) groups excluding carboxylic acids is 3. The zero-order valence-electron chi connectivity index (χ0n) is 27.8. The Bertz CT molecular complexity index is 1280. The van der Waals surface area contributed by atoms with Crippen molar-refractivity contribution in [3.05, 3.63) is 65.7 Å². The van der Waals surface area contributed by atoms with Gasteiger partial charge in [-0.1, -0.05) is 49.4 Å². The van der Waals surface area contributed by atoms with E-state index in [1.165, 1.54) is 19.4 Å². The van der Waals surface area contributed by atoms with E-state index in [-0.39, 0.29) is 17.6 Å². The van der Waals surface area contributed by atoms with Gasteiger partial charge in [0.05, 0.1) is 0 Å². The van der Waals surface area contributed by atoms with Crippen molar-refractivity contribution in [3.8, 4) is 0 Å². The summed E-state index contributed by atoms with van der Waals surface area (Å²) in [4.78, 5) is 41.4. The summed E-state index contributed by atoms with van der Waals surface area (Å²) in [7, 11) is 2.11. The Balaban J connectivity index is 1.37. The zero-order chi connectivity index (χ0) is 32.8. The molecule has 2 heterocycles. The van der Waals surface area contributed by atoms with Crippen LogP contribution < -0.4 is 0 Å². The van der Waals surface area contributed by atoms with Gasteiger partial charge in [0, 0.05) is 61.9 Å². The summed E-state index contributed by atoms with van der Waals surface area (Å²) in [6, 6.07) is 18.5. The number of ether oxygens (including phenoxy) is 3. The zero-order valence-corrected chi connectivity index (χ0v) is 28.6. The smallest absolute Gasteiger partial charge is 0.410 e.